The second-order valence-electron chi connectivity index (χ2n) is 7.42. The van der Waals surface area contributed by atoms with Crippen molar-refractivity contribution >= 4 is 34.4 Å². The van der Waals surface area contributed by atoms with E-state index in [1.807, 2.05) is 20.8 Å². The average Bonchev–Trinajstić information content (AvgIpc) is 2.82. The number of aromatic nitrogens is 4. The van der Waals surface area contributed by atoms with Gasteiger partial charge in [-0.1, -0.05) is 25.4 Å². The van der Waals surface area contributed by atoms with Gasteiger partial charge in [0.25, 0.3) is 0 Å². The summed E-state index contributed by atoms with van der Waals surface area (Å²) in [6, 6.07) is 0. The number of rotatable bonds is 8. The number of nitrogens with zero attached hydrogens (tertiary/aromatic N) is 6. The lowest BCUT2D eigenvalue weighted by molar-refractivity contribution is 0.0398. The van der Waals surface area contributed by atoms with Crippen LogP contribution in [0.15, 0.2) is 0 Å². The Morgan fingerprint density at radius 1 is 0.781 bits per heavy atom. The summed E-state index contributed by atoms with van der Waals surface area (Å²) in [6.07, 6.45) is 0. The van der Waals surface area contributed by atoms with Crippen LogP contribution in [0.25, 0.3) is 11.2 Å². The van der Waals surface area contributed by atoms with Crippen LogP contribution in [0.5, 0.6) is 0 Å². The lowest BCUT2D eigenvalue weighted by Gasteiger charge is -2.26. The van der Waals surface area contributed by atoms with Crippen LogP contribution in [0.1, 0.15) is 19.7 Å². The Kier molecular flexibility index (Phi) is 10.1. The number of morpholine rings is 2. The number of nitrogens with one attached hydrogen (secondary N) is 2. The number of ether oxygens (including phenoxy) is 2. The van der Waals surface area contributed by atoms with Gasteiger partial charge in [-0.25, -0.2) is 19.9 Å². The third-order valence-corrected chi connectivity index (χ3v) is 5.51. The van der Waals surface area contributed by atoms with Gasteiger partial charge in [0.1, 0.15) is 5.82 Å². The molecule has 2 N–H and O–H groups in total. The van der Waals surface area contributed by atoms with E-state index >= 15 is 0 Å². The second-order valence-corrected chi connectivity index (χ2v) is 7.77. The number of anilines is 2. The fourth-order valence-corrected chi connectivity index (χ4v) is 3.78. The van der Waals surface area contributed by atoms with Crippen LogP contribution >= 0.6 is 11.6 Å². The molecule has 4 heterocycles. The minimum absolute atomic E-state index is 0.327. The Balaban J connectivity index is 0.00000141. The van der Waals surface area contributed by atoms with Crippen molar-refractivity contribution in [1.29, 1.82) is 0 Å². The van der Waals surface area contributed by atoms with Crippen LogP contribution in [0.2, 0.25) is 5.15 Å². The summed E-state index contributed by atoms with van der Waals surface area (Å²) in [5.74, 6) is 1.86. The van der Waals surface area contributed by atoms with Gasteiger partial charge in [0.15, 0.2) is 28.0 Å². The molecule has 2 aromatic heterocycles. The molecule has 2 aromatic rings. The van der Waals surface area contributed by atoms with Crippen LogP contribution in [0, 0.1) is 6.92 Å². The zero-order chi connectivity index (χ0) is 22.8. The molecule has 0 amide bonds. The summed E-state index contributed by atoms with van der Waals surface area (Å²) in [7, 11) is 0. The Labute approximate surface area is 195 Å². The average molecular weight is 467 g/mol. The lowest BCUT2D eigenvalue weighted by atomic mass is 10.4. The molecule has 0 spiro atoms. The fourth-order valence-electron chi connectivity index (χ4n) is 3.59. The molecule has 2 saturated heterocycles. The molecular formula is C21H35ClN8O2. The van der Waals surface area contributed by atoms with Crippen molar-refractivity contribution in [3.63, 3.8) is 0 Å². The summed E-state index contributed by atoms with van der Waals surface area (Å²) in [5.41, 5.74) is 1.13. The van der Waals surface area contributed by atoms with E-state index in [0.29, 0.717) is 33.8 Å². The van der Waals surface area contributed by atoms with Crippen molar-refractivity contribution in [3.8, 4) is 0 Å². The van der Waals surface area contributed by atoms with E-state index in [1.54, 1.807) is 0 Å². The van der Waals surface area contributed by atoms with E-state index in [2.05, 4.69) is 40.4 Å². The molecule has 0 bridgehead atoms. The molecule has 2 aliphatic heterocycles. The first-order chi connectivity index (χ1) is 15.7. The first kappa shape index (κ1) is 24.8. The van der Waals surface area contributed by atoms with Crippen molar-refractivity contribution < 1.29 is 9.47 Å². The largest absolute Gasteiger partial charge is 0.379 e. The highest BCUT2D eigenvalue weighted by atomic mass is 35.5. The first-order valence-corrected chi connectivity index (χ1v) is 11.9. The quantitative estimate of drug-likeness (QED) is 0.599. The van der Waals surface area contributed by atoms with Gasteiger partial charge in [-0.05, 0) is 6.92 Å². The number of fused-ring (bicyclic) bond motifs is 1. The smallest absolute Gasteiger partial charge is 0.185 e. The highest BCUT2D eigenvalue weighted by Crippen LogP contribution is 2.24. The Bertz CT molecular complexity index is 844. The molecule has 0 unspecified atom stereocenters. The zero-order valence-electron chi connectivity index (χ0n) is 19.4. The number of aryl methyl sites for hydroxylation is 1. The monoisotopic (exact) mass is 466 g/mol. The molecule has 178 valence electrons. The molecule has 10 nitrogen and oxygen atoms in total. The third-order valence-electron chi connectivity index (χ3n) is 5.25. The van der Waals surface area contributed by atoms with Gasteiger partial charge in [0, 0.05) is 52.4 Å². The molecule has 2 aliphatic rings. The van der Waals surface area contributed by atoms with Gasteiger partial charge in [0.05, 0.1) is 26.4 Å². The zero-order valence-corrected chi connectivity index (χ0v) is 20.1. The van der Waals surface area contributed by atoms with Gasteiger partial charge in [-0.15, -0.1) is 0 Å². The van der Waals surface area contributed by atoms with E-state index in [0.717, 1.165) is 78.8 Å². The van der Waals surface area contributed by atoms with Gasteiger partial charge in [-0.3, -0.25) is 9.80 Å². The number of hydrogen-bond donors (Lipinski definition) is 2. The summed E-state index contributed by atoms with van der Waals surface area (Å²) in [6.45, 7) is 16.1. The highest BCUT2D eigenvalue weighted by molar-refractivity contribution is 6.32. The summed E-state index contributed by atoms with van der Waals surface area (Å²) in [4.78, 5) is 22.8. The normalized spacial score (nSPS) is 17.6. The molecule has 11 heteroatoms. The molecule has 0 atom stereocenters. The molecule has 0 radical (unpaired) electrons. The van der Waals surface area contributed by atoms with Crippen molar-refractivity contribution in [3.05, 3.63) is 11.0 Å². The van der Waals surface area contributed by atoms with Crippen LogP contribution in [0.3, 0.4) is 0 Å². The summed E-state index contributed by atoms with van der Waals surface area (Å²) >= 11 is 6.42. The highest BCUT2D eigenvalue weighted by Gasteiger charge is 2.15. The number of hydrogen-bond acceptors (Lipinski definition) is 10. The van der Waals surface area contributed by atoms with Gasteiger partial charge in [-0.2, -0.15) is 0 Å². The fraction of sp³-hybridized carbons (Fsp3) is 0.714. The van der Waals surface area contributed by atoms with Crippen molar-refractivity contribution in [2.45, 2.75) is 20.8 Å². The van der Waals surface area contributed by atoms with E-state index in [1.165, 1.54) is 0 Å². The topological polar surface area (TPSA) is 101 Å². The Hall–Kier alpha value is -1.85. The van der Waals surface area contributed by atoms with Crippen molar-refractivity contribution in [2.75, 3.05) is 89.4 Å². The lowest BCUT2D eigenvalue weighted by Crippen LogP contribution is -2.39. The molecule has 0 saturated carbocycles. The standard InChI is InChI=1S/C19H29ClN8O2.C2H6/c1-14-23-17(21-2-4-27-6-10-29-11-7-27)15-18(24-14)26-19(16(20)25-15)22-3-5-28-8-12-30-13-9-28;1-2/h2-13H2,1H3,(H2,21,22,23,24,26);1-2H3. The molecule has 0 aromatic carbocycles. The Morgan fingerprint density at radius 3 is 1.88 bits per heavy atom. The molecule has 32 heavy (non-hydrogen) atoms. The maximum atomic E-state index is 6.42. The molecule has 2 fully saturated rings. The Morgan fingerprint density at radius 2 is 1.31 bits per heavy atom. The van der Waals surface area contributed by atoms with Gasteiger partial charge in [0.2, 0.25) is 0 Å². The second kappa shape index (κ2) is 13.0. The number of halogens is 1. The predicted molar refractivity (Wildman–Crippen MR) is 128 cm³/mol. The van der Waals surface area contributed by atoms with E-state index < -0.39 is 0 Å². The van der Waals surface area contributed by atoms with Crippen molar-refractivity contribution in [2.24, 2.45) is 0 Å². The molecule has 4 rings (SSSR count). The first-order valence-electron chi connectivity index (χ1n) is 11.5. The van der Waals surface area contributed by atoms with E-state index in [-0.39, 0.29) is 0 Å². The van der Waals surface area contributed by atoms with Crippen LogP contribution in [-0.2, 0) is 9.47 Å². The molecular weight excluding hydrogens is 432 g/mol. The van der Waals surface area contributed by atoms with Crippen LogP contribution in [-0.4, -0.2) is 109 Å². The summed E-state index contributed by atoms with van der Waals surface area (Å²) < 4.78 is 10.8. The maximum Gasteiger partial charge on any atom is 0.185 e. The summed E-state index contributed by atoms with van der Waals surface area (Å²) in [5, 5.41) is 6.99. The van der Waals surface area contributed by atoms with Gasteiger partial charge < -0.3 is 20.1 Å². The third kappa shape index (κ3) is 7.08. The van der Waals surface area contributed by atoms with E-state index in [4.69, 9.17) is 21.1 Å². The van der Waals surface area contributed by atoms with Crippen LogP contribution < -0.4 is 10.6 Å². The van der Waals surface area contributed by atoms with Gasteiger partial charge >= 0.3 is 0 Å². The van der Waals surface area contributed by atoms with E-state index in [9.17, 15) is 0 Å². The minimum Gasteiger partial charge on any atom is -0.379 e. The van der Waals surface area contributed by atoms with Crippen LogP contribution in [0.4, 0.5) is 11.6 Å². The minimum atomic E-state index is 0.327. The predicted octanol–water partition coefficient (Wildman–Crippen LogP) is 1.90. The molecule has 0 aliphatic carbocycles. The van der Waals surface area contributed by atoms with Crippen molar-refractivity contribution in [1.82, 2.24) is 29.7 Å². The SMILES string of the molecule is CC.Cc1nc(NCCN2CCOCC2)c2nc(Cl)c(NCCN3CCOCC3)nc2n1. The maximum absolute atomic E-state index is 6.42.